The van der Waals surface area contributed by atoms with Crippen molar-refractivity contribution in [3.8, 4) is 22.8 Å². The maximum atomic E-state index is 13.1. The van der Waals surface area contributed by atoms with Gasteiger partial charge in [-0.1, -0.05) is 12.1 Å². The van der Waals surface area contributed by atoms with E-state index in [0.29, 0.717) is 60.7 Å². The zero-order valence-corrected chi connectivity index (χ0v) is 21.5. The van der Waals surface area contributed by atoms with Crippen LogP contribution in [0.5, 0.6) is 11.5 Å². The van der Waals surface area contributed by atoms with Gasteiger partial charge < -0.3 is 14.8 Å². The van der Waals surface area contributed by atoms with Gasteiger partial charge >= 0.3 is 0 Å². The van der Waals surface area contributed by atoms with Crippen molar-refractivity contribution in [2.75, 3.05) is 37.9 Å². The molecule has 3 aromatic rings. The Balaban J connectivity index is 1.20. The Hall–Kier alpha value is -2.60. The third kappa shape index (κ3) is 5.04. The first-order valence-electron chi connectivity index (χ1n) is 11.3. The van der Waals surface area contributed by atoms with Crippen LogP contribution < -0.4 is 14.8 Å². The number of nitrogens with zero attached hydrogens (tertiary/aromatic N) is 2. The first-order valence-corrected chi connectivity index (χ1v) is 14.8. The molecule has 3 heterocycles. The average molecular weight is 532 g/mol. The summed E-state index contributed by atoms with van der Waals surface area (Å²) in [5.74, 6) is 1.01. The Morgan fingerprint density at radius 2 is 1.86 bits per heavy atom. The van der Waals surface area contributed by atoms with Crippen molar-refractivity contribution < 1.29 is 22.7 Å². The topological polar surface area (TPSA) is 97.8 Å². The second-order valence-corrected chi connectivity index (χ2v) is 11.8. The van der Waals surface area contributed by atoms with Gasteiger partial charge in [0.2, 0.25) is 15.9 Å². The molecule has 5 rings (SSSR count). The Kier molecular flexibility index (Phi) is 7.01. The van der Waals surface area contributed by atoms with Crippen molar-refractivity contribution >= 4 is 44.2 Å². The molecule has 11 heteroatoms. The minimum atomic E-state index is -3.60. The highest BCUT2D eigenvalue weighted by Crippen LogP contribution is 2.36. The normalized spacial score (nSPS) is 16.7. The lowest BCUT2D eigenvalue weighted by Gasteiger charge is -2.30. The van der Waals surface area contributed by atoms with Crippen molar-refractivity contribution in [3.05, 3.63) is 47.8 Å². The number of aromatic nitrogens is 1. The quantitative estimate of drug-likeness (QED) is 0.473. The molecule has 1 amide bonds. The van der Waals surface area contributed by atoms with Crippen molar-refractivity contribution in [1.82, 2.24) is 9.29 Å². The van der Waals surface area contributed by atoms with E-state index in [4.69, 9.17) is 9.47 Å². The molecule has 1 saturated heterocycles. The molecule has 0 unspecified atom stereocenters. The number of hydrogen-bond acceptors (Lipinski definition) is 8. The Bertz CT molecular complexity index is 1330. The third-order valence-corrected chi connectivity index (χ3v) is 9.72. The fourth-order valence-corrected chi connectivity index (χ4v) is 7.52. The number of carbonyl (C=O) groups excluding carboxylic acids is 1. The Morgan fingerprint density at radius 3 is 2.63 bits per heavy atom. The molecule has 0 aliphatic carbocycles. The highest BCUT2D eigenvalue weighted by atomic mass is 32.2. The number of thioether (sulfide) groups is 1. The predicted molar refractivity (Wildman–Crippen MR) is 137 cm³/mol. The molecule has 8 nitrogen and oxygen atoms in total. The minimum absolute atomic E-state index is 0.130. The maximum Gasteiger partial charge on any atom is 0.244 e. The summed E-state index contributed by atoms with van der Waals surface area (Å²) >= 11 is 2.77. The number of anilines is 1. The standard InChI is InChI=1S/C24H25N3O5S3/c1-33-21-4-2-3-5-22(21)35(29,30)27-10-8-16(9-11-27)23(28)26-24-25-18(15-34-24)17-6-7-19-20(14-17)32-13-12-31-19/h2-7,14-16H,8-13H2,1H3,(H,25,26,28). The first-order chi connectivity index (χ1) is 17.0. The molecule has 1 N–H and O–H groups in total. The maximum absolute atomic E-state index is 13.1. The summed E-state index contributed by atoms with van der Waals surface area (Å²) in [6, 6.07) is 12.7. The van der Waals surface area contributed by atoms with Crippen molar-refractivity contribution in [1.29, 1.82) is 0 Å². The summed E-state index contributed by atoms with van der Waals surface area (Å²) in [7, 11) is -3.60. The lowest BCUT2D eigenvalue weighted by Crippen LogP contribution is -2.41. The van der Waals surface area contributed by atoms with Crippen LogP contribution in [0.25, 0.3) is 11.3 Å². The van der Waals surface area contributed by atoms with Crippen molar-refractivity contribution in [2.45, 2.75) is 22.6 Å². The van der Waals surface area contributed by atoms with E-state index in [9.17, 15) is 13.2 Å². The van der Waals surface area contributed by atoms with Crippen molar-refractivity contribution in [3.63, 3.8) is 0 Å². The van der Waals surface area contributed by atoms with Crippen LogP contribution in [0.4, 0.5) is 5.13 Å². The van der Waals surface area contributed by atoms with E-state index in [1.54, 1.807) is 12.1 Å². The van der Waals surface area contributed by atoms with Gasteiger partial charge in [0.1, 0.15) is 13.2 Å². The number of ether oxygens (including phenoxy) is 2. The van der Waals surface area contributed by atoms with E-state index in [1.165, 1.54) is 27.4 Å². The van der Waals surface area contributed by atoms with E-state index in [2.05, 4.69) is 10.3 Å². The van der Waals surface area contributed by atoms with Crippen LogP contribution in [0.1, 0.15) is 12.8 Å². The van der Waals surface area contributed by atoms with Crippen molar-refractivity contribution in [2.24, 2.45) is 5.92 Å². The summed E-state index contributed by atoms with van der Waals surface area (Å²) in [4.78, 5) is 18.5. The van der Waals surface area contributed by atoms with E-state index in [0.717, 1.165) is 16.2 Å². The molecular weight excluding hydrogens is 506 g/mol. The number of amides is 1. The second-order valence-electron chi connectivity index (χ2n) is 8.21. The highest BCUT2D eigenvalue weighted by molar-refractivity contribution is 7.99. The van der Waals surface area contributed by atoms with Crippen LogP contribution in [0.3, 0.4) is 0 Å². The fourth-order valence-electron chi connectivity index (χ4n) is 4.20. The minimum Gasteiger partial charge on any atom is -0.486 e. The lowest BCUT2D eigenvalue weighted by molar-refractivity contribution is -0.120. The van der Waals surface area contributed by atoms with Gasteiger partial charge in [-0.05, 0) is 49.4 Å². The van der Waals surface area contributed by atoms with Gasteiger partial charge in [-0.2, -0.15) is 4.31 Å². The summed E-state index contributed by atoms with van der Waals surface area (Å²) < 4.78 is 39.0. The molecular formula is C24H25N3O5S3. The summed E-state index contributed by atoms with van der Waals surface area (Å²) in [5, 5.41) is 5.31. The molecule has 2 aliphatic heterocycles. The molecule has 0 bridgehead atoms. The number of sulfonamides is 1. The monoisotopic (exact) mass is 531 g/mol. The number of rotatable bonds is 6. The van der Waals surface area contributed by atoms with Gasteiger partial charge in [0.05, 0.1) is 10.6 Å². The molecule has 2 aliphatic rings. The van der Waals surface area contributed by atoms with Crippen LogP contribution in [0.2, 0.25) is 0 Å². The molecule has 0 saturated carbocycles. The summed E-state index contributed by atoms with van der Waals surface area (Å²) in [6.07, 6.45) is 2.79. The van der Waals surface area contributed by atoms with Crippen LogP contribution in [-0.4, -0.2) is 56.2 Å². The molecule has 0 radical (unpaired) electrons. The van der Waals surface area contributed by atoms with Crippen LogP contribution in [0.15, 0.2) is 57.6 Å². The van der Waals surface area contributed by atoms with E-state index in [-0.39, 0.29) is 11.8 Å². The van der Waals surface area contributed by atoms with Crippen LogP contribution in [-0.2, 0) is 14.8 Å². The Labute approximate surface area is 212 Å². The zero-order valence-electron chi connectivity index (χ0n) is 19.1. The van der Waals surface area contributed by atoms with E-state index in [1.807, 2.05) is 42.0 Å². The van der Waals surface area contributed by atoms with Gasteiger partial charge in [0.15, 0.2) is 16.6 Å². The van der Waals surface area contributed by atoms with Crippen LogP contribution in [0, 0.1) is 5.92 Å². The molecule has 1 fully saturated rings. The van der Waals surface area contributed by atoms with E-state index >= 15 is 0 Å². The van der Waals surface area contributed by atoms with Gasteiger partial charge in [0, 0.05) is 34.8 Å². The predicted octanol–water partition coefficient (Wildman–Crippen LogP) is 4.34. The Morgan fingerprint density at radius 1 is 1.11 bits per heavy atom. The van der Waals surface area contributed by atoms with Gasteiger partial charge in [-0.3, -0.25) is 4.79 Å². The fraction of sp³-hybridized carbons (Fsp3) is 0.333. The molecule has 184 valence electrons. The van der Waals surface area contributed by atoms with Gasteiger partial charge in [0.25, 0.3) is 0 Å². The summed E-state index contributed by atoms with van der Waals surface area (Å²) in [5.41, 5.74) is 1.63. The SMILES string of the molecule is CSc1ccccc1S(=O)(=O)N1CCC(C(=O)Nc2nc(-c3ccc4c(c3)OCCO4)cs2)CC1. The zero-order chi connectivity index (χ0) is 24.4. The van der Waals surface area contributed by atoms with Gasteiger partial charge in [-0.25, -0.2) is 13.4 Å². The first kappa shape index (κ1) is 24.1. The average Bonchev–Trinajstić information content (AvgIpc) is 3.37. The summed E-state index contributed by atoms with van der Waals surface area (Å²) in [6.45, 7) is 1.67. The molecule has 0 spiro atoms. The third-order valence-electron chi connectivity index (χ3n) is 6.08. The lowest BCUT2D eigenvalue weighted by atomic mass is 9.97. The molecule has 1 aromatic heterocycles. The number of piperidine rings is 1. The smallest absolute Gasteiger partial charge is 0.244 e. The number of nitrogens with one attached hydrogen (secondary N) is 1. The highest BCUT2D eigenvalue weighted by Gasteiger charge is 2.33. The number of benzene rings is 2. The number of hydrogen-bond donors (Lipinski definition) is 1. The number of carbonyl (C=O) groups is 1. The number of fused-ring (bicyclic) bond motifs is 1. The van der Waals surface area contributed by atoms with Crippen LogP contribution >= 0.6 is 23.1 Å². The number of thiazole rings is 1. The largest absolute Gasteiger partial charge is 0.486 e. The van der Waals surface area contributed by atoms with Gasteiger partial charge in [-0.15, -0.1) is 23.1 Å². The molecule has 0 atom stereocenters. The van der Waals surface area contributed by atoms with E-state index < -0.39 is 10.0 Å². The second kappa shape index (κ2) is 10.2. The molecule has 2 aromatic carbocycles. The molecule has 35 heavy (non-hydrogen) atoms.